The van der Waals surface area contributed by atoms with Crippen molar-refractivity contribution < 1.29 is 0 Å². The molecule has 0 spiro atoms. The van der Waals surface area contributed by atoms with E-state index >= 15 is 0 Å². The second kappa shape index (κ2) is 5.17. The Hall–Kier alpha value is -0.640. The third-order valence-electron chi connectivity index (χ3n) is 2.22. The minimum absolute atomic E-state index is 0.754. The van der Waals surface area contributed by atoms with Crippen molar-refractivity contribution in [3.05, 3.63) is 5.82 Å². The zero-order valence-electron chi connectivity index (χ0n) is 8.50. The van der Waals surface area contributed by atoms with Gasteiger partial charge in [-0.3, -0.25) is 0 Å². The number of hydrogen-bond donors (Lipinski definition) is 1. The van der Waals surface area contributed by atoms with E-state index in [1.165, 1.54) is 24.4 Å². The van der Waals surface area contributed by atoms with Crippen molar-refractivity contribution >= 4 is 16.7 Å². The molecule has 1 rings (SSSR count). The summed E-state index contributed by atoms with van der Waals surface area (Å²) in [5.41, 5.74) is 0. The summed E-state index contributed by atoms with van der Waals surface area (Å²) in [6.45, 7) is 7.38. The molecule has 1 heterocycles. The monoisotopic (exact) mass is 199 g/mol. The first-order valence-electron chi connectivity index (χ1n) is 4.80. The van der Waals surface area contributed by atoms with Gasteiger partial charge in [0.15, 0.2) is 0 Å². The Morgan fingerprint density at radius 3 is 2.54 bits per heavy atom. The summed E-state index contributed by atoms with van der Waals surface area (Å²) < 4.78 is 4.11. The second-order valence-electron chi connectivity index (χ2n) is 3.21. The van der Waals surface area contributed by atoms with Crippen LogP contribution in [0.1, 0.15) is 32.5 Å². The fourth-order valence-electron chi connectivity index (χ4n) is 1.18. The Bertz CT molecular complexity index is 243. The molecule has 4 heteroatoms. The molecule has 0 fully saturated rings. The molecular formula is C9H17N3S. The Labute approximate surface area is 83.8 Å². The molecule has 1 aromatic heterocycles. The first kappa shape index (κ1) is 10.4. The van der Waals surface area contributed by atoms with Crippen molar-refractivity contribution in [3.8, 4) is 0 Å². The van der Waals surface area contributed by atoms with Crippen molar-refractivity contribution in [3.63, 3.8) is 0 Å². The number of rotatable bonds is 5. The van der Waals surface area contributed by atoms with E-state index in [-0.39, 0.29) is 0 Å². The number of nitrogens with one attached hydrogen (secondary N) is 1. The lowest BCUT2D eigenvalue weighted by atomic mass is 10.0. The van der Waals surface area contributed by atoms with Gasteiger partial charge in [0.05, 0.1) is 0 Å². The number of nitrogens with zero attached hydrogens (tertiary/aromatic N) is 2. The van der Waals surface area contributed by atoms with Gasteiger partial charge >= 0.3 is 0 Å². The van der Waals surface area contributed by atoms with Crippen molar-refractivity contribution in [2.75, 3.05) is 11.9 Å². The van der Waals surface area contributed by atoms with Crippen LogP contribution < -0.4 is 5.32 Å². The first-order chi connectivity index (χ1) is 6.26. The third-order valence-corrected chi connectivity index (χ3v) is 2.99. The second-order valence-corrected chi connectivity index (χ2v) is 3.96. The van der Waals surface area contributed by atoms with Crippen LogP contribution >= 0.6 is 11.5 Å². The van der Waals surface area contributed by atoms with Gasteiger partial charge in [-0.05, 0) is 12.8 Å². The summed E-state index contributed by atoms with van der Waals surface area (Å²) in [6, 6.07) is 0. The van der Waals surface area contributed by atoms with Crippen LogP contribution in [0.5, 0.6) is 0 Å². The molecule has 0 saturated heterocycles. The first-order valence-corrected chi connectivity index (χ1v) is 5.57. The van der Waals surface area contributed by atoms with Gasteiger partial charge in [-0.2, -0.15) is 4.37 Å². The van der Waals surface area contributed by atoms with Crippen molar-refractivity contribution in [1.29, 1.82) is 0 Å². The Morgan fingerprint density at radius 1 is 1.38 bits per heavy atom. The topological polar surface area (TPSA) is 37.8 Å². The number of aromatic nitrogens is 2. The lowest BCUT2D eigenvalue weighted by Crippen LogP contribution is -2.12. The van der Waals surface area contributed by atoms with Gasteiger partial charge < -0.3 is 5.32 Å². The molecule has 74 valence electrons. The third kappa shape index (κ3) is 3.30. The normalized spacial score (nSPS) is 10.8. The highest BCUT2D eigenvalue weighted by atomic mass is 32.1. The molecule has 3 nitrogen and oxygen atoms in total. The molecule has 0 aliphatic heterocycles. The molecule has 0 saturated carbocycles. The van der Waals surface area contributed by atoms with E-state index in [2.05, 4.69) is 28.5 Å². The van der Waals surface area contributed by atoms with E-state index in [0.717, 1.165) is 23.4 Å². The van der Waals surface area contributed by atoms with Crippen LogP contribution in [0, 0.1) is 12.8 Å². The molecule has 0 amide bonds. The summed E-state index contributed by atoms with van der Waals surface area (Å²) in [6.07, 6.45) is 2.45. The van der Waals surface area contributed by atoms with E-state index in [9.17, 15) is 0 Å². The summed E-state index contributed by atoms with van der Waals surface area (Å²) in [4.78, 5) is 4.25. The summed E-state index contributed by atoms with van der Waals surface area (Å²) in [5, 5.41) is 4.26. The highest BCUT2D eigenvalue weighted by Gasteiger charge is 2.04. The SMILES string of the molecule is CCC(CC)CNc1nc(C)ns1. The van der Waals surface area contributed by atoms with Crippen LogP contribution in [0.25, 0.3) is 0 Å². The maximum Gasteiger partial charge on any atom is 0.202 e. The predicted molar refractivity (Wildman–Crippen MR) is 57.2 cm³/mol. The molecule has 0 atom stereocenters. The summed E-state index contributed by atoms with van der Waals surface area (Å²) >= 11 is 1.44. The van der Waals surface area contributed by atoms with E-state index in [4.69, 9.17) is 0 Å². The molecule has 1 N–H and O–H groups in total. The average Bonchev–Trinajstić information content (AvgIpc) is 2.53. The number of aryl methyl sites for hydroxylation is 1. The fraction of sp³-hybridized carbons (Fsp3) is 0.778. The van der Waals surface area contributed by atoms with Gasteiger partial charge in [0.1, 0.15) is 5.82 Å². The lowest BCUT2D eigenvalue weighted by molar-refractivity contribution is 0.519. The van der Waals surface area contributed by atoms with Gasteiger partial charge in [0.2, 0.25) is 5.13 Å². The molecular weight excluding hydrogens is 182 g/mol. The van der Waals surface area contributed by atoms with E-state index in [1.807, 2.05) is 6.92 Å². The van der Waals surface area contributed by atoms with Crippen LogP contribution in [0.15, 0.2) is 0 Å². The zero-order chi connectivity index (χ0) is 9.68. The molecule has 0 aliphatic carbocycles. The van der Waals surface area contributed by atoms with E-state index in [1.54, 1.807) is 0 Å². The molecule has 13 heavy (non-hydrogen) atoms. The van der Waals surface area contributed by atoms with Crippen LogP contribution in [-0.2, 0) is 0 Å². The van der Waals surface area contributed by atoms with Gasteiger partial charge in [0.25, 0.3) is 0 Å². The molecule has 0 aromatic carbocycles. The van der Waals surface area contributed by atoms with Crippen LogP contribution in [0.3, 0.4) is 0 Å². The highest BCUT2D eigenvalue weighted by Crippen LogP contribution is 2.13. The largest absolute Gasteiger partial charge is 0.360 e. The molecule has 0 bridgehead atoms. The van der Waals surface area contributed by atoms with Crippen molar-refractivity contribution in [2.45, 2.75) is 33.6 Å². The highest BCUT2D eigenvalue weighted by molar-refractivity contribution is 7.09. The van der Waals surface area contributed by atoms with Gasteiger partial charge in [-0.15, -0.1) is 0 Å². The molecule has 1 aromatic rings. The summed E-state index contributed by atoms with van der Waals surface area (Å²) in [5.74, 6) is 1.61. The maximum absolute atomic E-state index is 4.25. The maximum atomic E-state index is 4.25. The van der Waals surface area contributed by atoms with Crippen LogP contribution in [0.2, 0.25) is 0 Å². The quantitative estimate of drug-likeness (QED) is 0.792. The fourth-order valence-corrected chi connectivity index (χ4v) is 1.76. The van der Waals surface area contributed by atoms with Crippen molar-refractivity contribution in [2.24, 2.45) is 5.92 Å². The Balaban J connectivity index is 2.33. The number of hydrogen-bond acceptors (Lipinski definition) is 4. The molecule has 0 unspecified atom stereocenters. The van der Waals surface area contributed by atoms with Crippen LogP contribution in [-0.4, -0.2) is 15.9 Å². The summed E-state index contributed by atoms with van der Waals surface area (Å²) in [7, 11) is 0. The van der Waals surface area contributed by atoms with Gasteiger partial charge in [-0.25, -0.2) is 4.98 Å². The predicted octanol–water partition coefficient (Wildman–Crippen LogP) is 2.69. The molecule has 0 aliphatic rings. The minimum Gasteiger partial charge on any atom is -0.360 e. The van der Waals surface area contributed by atoms with E-state index in [0.29, 0.717) is 0 Å². The smallest absolute Gasteiger partial charge is 0.202 e. The lowest BCUT2D eigenvalue weighted by Gasteiger charge is -2.11. The Morgan fingerprint density at radius 2 is 2.08 bits per heavy atom. The zero-order valence-corrected chi connectivity index (χ0v) is 9.32. The molecule has 0 radical (unpaired) electrons. The van der Waals surface area contributed by atoms with Gasteiger partial charge in [0, 0.05) is 18.1 Å². The van der Waals surface area contributed by atoms with E-state index < -0.39 is 0 Å². The number of anilines is 1. The Kier molecular flexibility index (Phi) is 4.15. The average molecular weight is 199 g/mol. The minimum atomic E-state index is 0.754. The van der Waals surface area contributed by atoms with Gasteiger partial charge in [-0.1, -0.05) is 26.7 Å². The standard InChI is InChI=1S/C9H17N3S/c1-4-8(5-2)6-10-9-11-7(3)12-13-9/h8H,4-6H2,1-3H3,(H,10,11,12). The van der Waals surface area contributed by atoms with Crippen molar-refractivity contribution in [1.82, 2.24) is 9.36 Å². The van der Waals surface area contributed by atoms with Crippen LogP contribution in [0.4, 0.5) is 5.13 Å².